The second-order valence-corrected chi connectivity index (χ2v) is 4.47. The fourth-order valence-electron chi connectivity index (χ4n) is 0.870. The van der Waals surface area contributed by atoms with Crippen LogP contribution in [0.1, 0.15) is 18.8 Å². The average molecular weight is 243 g/mol. The van der Waals surface area contributed by atoms with Gasteiger partial charge in [0.05, 0.1) is 6.04 Å². The molecule has 1 aromatic rings. The van der Waals surface area contributed by atoms with Gasteiger partial charge in [0, 0.05) is 12.4 Å². The number of alkyl halides is 3. The summed E-state index contributed by atoms with van der Waals surface area (Å²) in [6, 6.07) is -1.06. The minimum absolute atomic E-state index is 0.114. The summed E-state index contributed by atoms with van der Waals surface area (Å²) < 4.78 is 58.7. The predicted molar refractivity (Wildman–Crippen MR) is 45.1 cm³/mol. The summed E-state index contributed by atoms with van der Waals surface area (Å²) in [5.41, 5.74) is -5.31. The normalized spacial score (nSPS) is 15.2. The Labute approximate surface area is 83.8 Å². The van der Waals surface area contributed by atoms with Gasteiger partial charge in [-0.05, 0) is 6.92 Å². The highest BCUT2D eigenvalue weighted by atomic mass is 32.2. The van der Waals surface area contributed by atoms with Crippen LogP contribution in [0, 0.1) is 0 Å². The zero-order valence-corrected chi connectivity index (χ0v) is 8.35. The van der Waals surface area contributed by atoms with Gasteiger partial charge in [-0.1, -0.05) is 0 Å². The number of sulfonamides is 1. The number of H-pyrrole nitrogens is 1. The third kappa shape index (κ3) is 2.69. The number of hydrogen-bond donors (Lipinski definition) is 2. The Balaban J connectivity index is 2.80. The van der Waals surface area contributed by atoms with Crippen molar-refractivity contribution < 1.29 is 21.6 Å². The first-order valence-electron chi connectivity index (χ1n) is 3.82. The number of imidazole rings is 1. The number of hydrogen-bond acceptors (Lipinski definition) is 3. The van der Waals surface area contributed by atoms with Gasteiger partial charge < -0.3 is 4.98 Å². The van der Waals surface area contributed by atoms with Crippen LogP contribution in [0.4, 0.5) is 13.2 Å². The highest BCUT2D eigenvalue weighted by Crippen LogP contribution is 2.23. The molecule has 0 aliphatic rings. The lowest BCUT2D eigenvalue weighted by Gasteiger charge is -2.13. The van der Waals surface area contributed by atoms with Gasteiger partial charge in [0.1, 0.15) is 5.82 Å². The number of nitrogens with one attached hydrogen (secondary N) is 2. The van der Waals surface area contributed by atoms with Crippen LogP contribution in [0.3, 0.4) is 0 Å². The summed E-state index contributed by atoms with van der Waals surface area (Å²) in [6.45, 7) is 1.25. The van der Waals surface area contributed by atoms with Crippen LogP contribution < -0.4 is 4.72 Å². The van der Waals surface area contributed by atoms with E-state index >= 15 is 0 Å². The van der Waals surface area contributed by atoms with Gasteiger partial charge in [-0.15, -0.1) is 0 Å². The smallest absolute Gasteiger partial charge is 0.347 e. The quantitative estimate of drug-likeness (QED) is 0.828. The van der Waals surface area contributed by atoms with Gasteiger partial charge >= 0.3 is 15.5 Å². The van der Waals surface area contributed by atoms with E-state index in [-0.39, 0.29) is 5.82 Å². The number of nitrogens with zero attached hydrogens (tertiary/aromatic N) is 1. The monoisotopic (exact) mass is 243 g/mol. The lowest BCUT2D eigenvalue weighted by Crippen LogP contribution is -2.38. The Bertz CT molecular complexity index is 411. The average Bonchev–Trinajstić information content (AvgIpc) is 2.51. The molecule has 1 atom stereocenters. The maximum atomic E-state index is 12.0. The molecule has 0 bridgehead atoms. The summed E-state index contributed by atoms with van der Waals surface area (Å²) in [5, 5.41) is 0. The van der Waals surface area contributed by atoms with Gasteiger partial charge in [-0.25, -0.2) is 13.4 Å². The van der Waals surface area contributed by atoms with Crippen LogP contribution in [-0.2, 0) is 10.0 Å². The summed E-state index contributed by atoms with van der Waals surface area (Å²) >= 11 is 0. The van der Waals surface area contributed by atoms with E-state index in [1.54, 1.807) is 0 Å². The van der Waals surface area contributed by atoms with Crippen molar-refractivity contribution in [2.45, 2.75) is 18.5 Å². The van der Waals surface area contributed by atoms with Gasteiger partial charge in [0.2, 0.25) is 0 Å². The molecule has 0 aliphatic heterocycles. The number of rotatable bonds is 3. The van der Waals surface area contributed by atoms with Crippen LogP contribution in [0.5, 0.6) is 0 Å². The Kier molecular flexibility index (Phi) is 3.05. The van der Waals surface area contributed by atoms with Crippen molar-refractivity contribution in [3.63, 3.8) is 0 Å². The first-order chi connectivity index (χ1) is 6.74. The molecule has 2 N–H and O–H groups in total. The highest BCUT2D eigenvalue weighted by Gasteiger charge is 2.46. The summed E-state index contributed by atoms with van der Waals surface area (Å²) in [7, 11) is -5.33. The van der Waals surface area contributed by atoms with Gasteiger partial charge in [0.15, 0.2) is 0 Å². The zero-order valence-electron chi connectivity index (χ0n) is 7.54. The first-order valence-corrected chi connectivity index (χ1v) is 5.30. The van der Waals surface area contributed by atoms with E-state index in [0.717, 1.165) is 0 Å². The minimum Gasteiger partial charge on any atom is -0.347 e. The zero-order chi connectivity index (χ0) is 11.7. The Morgan fingerprint density at radius 3 is 2.53 bits per heavy atom. The van der Waals surface area contributed by atoms with Crippen molar-refractivity contribution in [1.82, 2.24) is 14.7 Å². The highest BCUT2D eigenvalue weighted by molar-refractivity contribution is 7.90. The van der Waals surface area contributed by atoms with Crippen molar-refractivity contribution in [3.8, 4) is 0 Å². The predicted octanol–water partition coefficient (Wildman–Crippen LogP) is 0.910. The molecule has 1 aromatic heterocycles. The molecule has 15 heavy (non-hydrogen) atoms. The Morgan fingerprint density at radius 1 is 1.53 bits per heavy atom. The van der Waals surface area contributed by atoms with Crippen molar-refractivity contribution >= 4 is 10.0 Å². The summed E-state index contributed by atoms with van der Waals surface area (Å²) in [5.74, 6) is 0.114. The minimum atomic E-state index is -5.33. The molecule has 1 rings (SSSR count). The maximum absolute atomic E-state index is 12.0. The van der Waals surface area contributed by atoms with Crippen molar-refractivity contribution in [2.24, 2.45) is 0 Å². The van der Waals surface area contributed by atoms with Crippen molar-refractivity contribution in [1.29, 1.82) is 0 Å². The molecular formula is C6H8F3N3O2S. The van der Waals surface area contributed by atoms with E-state index in [4.69, 9.17) is 0 Å². The molecule has 5 nitrogen and oxygen atoms in total. The second kappa shape index (κ2) is 3.81. The number of aromatic amines is 1. The largest absolute Gasteiger partial charge is 0.511 e. The summed E-state index contributed by atoms with van der Waals surface area (Å²) in [6.07, 6.45) is 2.70. The molecule has 0 aromatic carbocycles. The third-order valence-corrected chi connectivity index (χ3v) is 2.84. The van der Waals surface area contributed by atoms with Crippen LogP contribution in [-0.4, -0.2) is 23.9 Å². The molecule has 0 saturated heterocycles. The van der Waals surface area contributed by atoms with Gasteiger partial charge in [-0.3, -0.25) is 0 Å². The van der Waals surface area contributed by atoms with Crippen molar-refractivity contribution in [2.75, 3.05) is 0 Å². The molecule has 0 saturated carbocycles. The molecule has 1 unspecified atom stereocenters. The molecule has 0 radical (unpaired) electrons. The molecule has 0 aliphatic carbocycles. The first kappa shape index (κ1) is 12.0. The third-order valence-electron chi connectivity index (χ3n) is 1.57. The molecule has 0 spiro atoms. The van der Waals surface area contributed by atoms with Crippen LogP contribution in [0.15, 0.2) is 12.4 Å². The van der Waals surface area contributed by atoms with Crippen LogP contribution in [0.25, 0.3) is 0 Å². The van der Waals surface area contributed by atoms with E-state index in [1.807, 2.05) is 0 Å². The number of aromatic nitrogens is 2. The fraction of sp³-hybridized carbons (Fsp3) is 0.500. The number of halogens is 3. The van der Waals surface area contributed by atoms with E-state index in [2.05, 4.69) is 9.97 Å². The Hall–Kier alpha value is -1.09. The van der Waals surface area contributed by atoms with E-state index in [0.29, 0.717) is 0 Å². The van der Waals surface area contributed by atoms with E-state index in [9.17, 15) is 21.6 Å². The second-order valence-electron chi connectivity index (χ2n) is 2.76. The van der Waals surface area contributed by atoms with E-state index in [1.165, 1.54) is 24.0 Å². The lowest BCUT2D eigenvalue weighted by atomic mass is 10.3. The van der Waals surface area contributed by atoms with Gasteiger partial charge in [0.25, 0.3) is 0 Å². The van der Waals surface area contributed by atoms with Crippen LogP contribution in [0.2, 0.25) is 0 Å². The van der Waals surface area contributed by atoms with Crippen molar-refractivity contribution in [3.05, 3.63) is 18.2 Å². The Morgan fingerprint density at radius 2 is 2.13 bits per heavy atom. The fourth-order valence-corrected chi connectivity index (χ4v) is 1.58. The maximum Gasteiger partial charge on any atom is 0.511 e. The van der Waals surface area contributed by atoms with E-state index < -0.39 is 21.6 Å². The standard InChI is InChI=1S/C6H8F3N3O2S/c1-4(5-10-2-3-11-5)12-15(13,14)6(7,8)9/h2-4,12H,1H3,(H,10,11). The molecule has 0 amide bonds. The molecule has 86 valence electrons. The summed E-state index contributed by atoms with van der Waals surface area (Å²) in [4.78, 5) is 6.14. The molecule has 0 fully saturated rings. The SMILES string of the molecule is CC(NS(=O)(=O)C(F)(F)F)c1ncc[nH]1. The van der Waals surface area contributed by atoms with Crippen LogP contribution >= 0.6 is 0 Å². The van der Waals surface area contributed by atoms with Gasteiger partial charge in [-0.2, -0.15) is 17.9 Å². The molecule has 9 heteroatoms. The lowest BCUT2D eigenvalue weighted by molar-refractivity contribution is -0.0450. The molecule has 1 heterocycles. The topological polar surface area (TPSA) is 74.8 Å². The molecular weight excluding hydrogens is 235 g/mol.